The molecule has 2 rings (SSSR count). The van der Waals surface area contributed by atoms with Gasteiger partial charge in [-0.05, 0) is 34.1 Å². The zero-order chi connectivity index (χ0) is 13.8. The summed E-state index contributed by atoms with van der Waals surface area (Å²) in [5.41, 5.74) is 0.552. The largest absolute Gasteiger partial charge is 0.464 e. The van der Waals surface area contributed by atoms with Crippen molar-refractivity contribution in [1.82, 2.24) is 9.97 Å². The summed E-state index contributed by atoms with van der Waals surface area (Å²) in [5.74, 6) is -0.661. The lowest BCUT2D eigenvalue weighted by molar-refractivity contribution is 0.0593. The molecule has 0 saturated carbocycles. The van der Waals surface area contributed by atoms with Crippen LogP contribution in [0.25, 0.3) is 0 Å². The smallest absolute Gasteiger partial charge is 0.358 e. The summed E-state index contributed by atoms with van der Waals surface area (Å²) in [5, 5.41) is 2.86. The Morgan fingerprint density at radius 3 is 2.95 bits per heavy atom. The van der Waals surface area contributed by atoms with E-state index in [2.05, 4.69) is 36.0 Å². The number of carbonyl (C=O) groups excluding carboxylic acids is 1. The van der Waals surface area contributed by atoms with Crippen molar-refractivity contribution in [3.8, 4) is 0 Å². The lowest BCUT2D eigenvalue weighted by atomic mass is 10.3. The van der Waals surface area contributed by atoms with Crippen LogP contribution in [0.1, 0.15) is 10.5 Å². The molecule has 0 spiro atoms. The van der Waals surface area contributed by atoms with Gasteiger partial charge >= 0.3 is 5.97 Å². The molecule has 0 saturated heterocycles. The molecule has 1 N–H and O–H groups in total. The number of nitrogens with zero attached hydrogens (tertiary/aromatic N) is 2. The highest BCUT2D eigenvalue weighted by Gasteiger charge is 2.09. The fourth-order valence-electron chi connectivity index (χ4n) is 1.36. The van der Waals surface area contributed by atoms with Gasteiger partial charge in [0, 0.05) is 4.47 Å². The van der Waals surface area contributed by atoms with E-state index >= 15 is 0 Å². The fraction of sp³-hybridized carbons (Fsp3) is 0.0833. The SMILES string of the molecule is COC(=O)c1cncc(Nc2cc(F)ccc2Br)n1. The summed E-state index contributed by atoms with van der Waals surface area (Å²) in [6.07, 6.45) is 2.71. The highest BCUT2D eigenvalue weighted by atomic mass is 79.9. The number of methoxy groups -OCH3 is 1. The van der Waals surface area contributed by atoms with E-state index in [1.54, 1.807) is 6.07 Å². The third-order valence-electron chi connectivity index (χ3n) is 2.22. The van der Waals surface area contributed by atoms with Gasteiger partial charge in [-0.25, -0.2) is 14.2 Å². The van der Waals surface area contributed by atoms with Crippen molar-refractivity contribution in [1.29, 1.82) is 0 Å². The minimum absolute atomic E-state index is 0.0695. The zero-order valence-electron chi connectivity index (χ0n) is 9.85. The van der Waals surface area contributed by atoms with Gasteiger partial charge in [-0.2, -0.15) is 0 Å². The molecule has 0 fully saturated rings. The molecule has 1 aromatic heterocycles. The van der Waals surface area contributed by atoms with Crippen molar-refractivity contribution < 1.29 is 13.9 Å². The topological polar surface area (TPSA) is 64.1 Å². The van der Waals surface area contributed by atoms with Crippen molar-refractivity contribution in [2.75, 3.05) is 12.4 Å². The zero-order valence-corrected chi connectivity index (χ0v) is 11.4. The van der Waals surface area contributed by atoms with Crippen LogP contribution in [0.4, 0.5) is 15.9 Å². The monoisotopic (exact) mass is 325 g/mol. The van der Waals surface area contributed by atoms with Crippen LogP contribution in [0, 0.1) is 5.82 Å². The molecule has 0 aliphatic carbocycles. The molecule has 0 atom stereocenters. The second kappa shape index (κ2) is 5.75. The van der Waals surface area contributed by atoms with Gasteiger partial charge in [-0.3, -0.25) is 4.98 Å². The first-order chi connectivity index (χ1) is 9.10. The molecule has 0 bridgehead atoms. The number of anilines is 2. The normalized spacial score (nSPS) is 10.1. The lowest BCUT2D eigenvalue weighted by Gasteiger charge is -2.08. The molecular weight excluding hydrogens is 317 g/mol. The molecule has 7 heteroatoms. The molecule has 0 radical (unpaired) electrons. The molecular formula is C12H9BrFN3O2. The lowest BCUT2D eigenvalue weighted by Crippen LogP contribution is -2.07. The maximum Gasteiger partial charge on any atom is 0.358 e. The minimum Gasteiger partial charge on any atom is -0.464 e. The van der Waals surface area contributed by atoms with Crippen LogP contribution in [0.2, 0.25) is 0 Å². The average Bonchev–Trinajstić information content (AvgIpc) is 2.42. The van der Waals surface area contributed by atoms with E-state index in [-0.39, 0.29) is 11.5 Å². The Balaban J connectivity index is 2.28. The van der Waals surface area contributed by atoms with E-state index in [1.165, 1.54) is 31.6 Å². The number of carbonyl (C=O) groups is 1. The van der Waals surface area contributed by atoms with Crippen molar-refractivity contribution in [2.24, 2.45) is 0 Å². The molecule has 0 aliphatic rings. The van der Waals surface area contributed by atoms with Crippen LogP contribution >= 0.6 is 15.9 Å². The van der Waals surface area contributed by atoms with Crippen molar-refractivity contribution in [2.45, 2.75) is 0 Å². The highest BCUT2D eigenvalue weighted by molar-refractivity contribution is 9.10. The maximum absolute atomic E-state index is 13.1. The first kappa shape index (κ1) is 13.4. The maximum atomic E-state index is 13.1. The Hall–Kier alpha value is -2.02. The van der Waals surface area contributed by atoms with Gasteiger partial charge in [0.05, 0.1) is 25.2 Å². The fourth-order valence-corrected chi connectivity index (χ4v) is 1.71. The van der Waals surface area contributed by atoms with Crippen LogP contribution in [-0.2, 0) is 4.74 Å². The number of halogens is 2. The first-order valence-electron chi connectivity index (χ1n) is 5.22. The number of rotatable bonds is 3. The number of hydrogen-bond donors (Lipinski definition) is 1. The van der Waals surface area contributed by atoms with Gasteiger partial charge in [0.2, 0.25) is 0 Å². The third-order valence-corrected chi connectivity index (χ3v) is 2.91. The van der Waals surface area contributed by atoms with Crippen LogP contribution < -0.4 is 5.32 Å². The van der Waals surface area contributed by atoms with Gasteiger partial charge in [-0.1, -0.05) is 0 Å². The summed E-state index contributed by atoms with van der Waals surface area (Å²) < 4.78 is 18.4. The standard InChI is InChI=1S/C12H9BrFN3O2/c1-19-12(18)10-5-15-6-11(17-10)16-9-4-7(14)2-3-8(9)13/h2-6H,1H3,(H,16,17). The molecule has 19 heavy (non-hydrogen) atoms. The number of nitrogens with one attached hydrogen (secondary N) is 1. The van der Waals surface area contributed by atoms with Gasteiger partial charge in [0.15, 0.2) is 5.69 Å². The van der Waals surface area contributed by atoms with Crippen LogP contribution in [-0.4, -0.2) is 23.0 Å². The van der Waals surface area contributed by atoms with E-state index in [9.17, 15) is 9.18 Å². The van der Waals surface area contributed by atoms with E-state index < -0.39 is 5.97 Å². The van der Waals surface area contributed by atoms with Gasteiger partial charge in [0.25, 0.3) is 0 Å². The Labute approximate surface area is 117 Å². The van der Waals surface area contributed by atoms with Crippen LogP contribution in [0.3, 0.4) is 0 Å². The number of ether oxygens (including phenoxy) is 1. The quantitative estimate of drug-likeness (QED) is 0.879. The van der Waals surface area contributed by atoms with Crippen molar-refractivity contribution in [3.63, 3.8) is 0 Å². The summed E-state index contributed by atoms with van der Waals surface area (Å²) >= 11 is 3.28. The Bertz CT molecular complexity index is 622. The number of esters is 1. The summed E-state index contributed by atoms with van der Waals surface area (Å²) in [7, 11) is 1.26. The molecule has 98 valence electrons. The predicted octanol–water partition coefficient (Wildman–Crippen LogP) is 2.91. The molecule has 0 aliphatic heterocycles. The van der Waals surface area contributed by atoms with Crippen molar-refractivity contribution in [3.05, 3.63) is 46.6 Å². The molecule has 0 unspecified atom stereocenters. The van der Waals surface area contributed by atoms with Crippen LogP contribution in [0.15, 0.2) is 35.1 Å². The summed E-state index contributed by atoms with van der Waals surface area (Å²) in [4.78, 5) is 19.2. The summed E-state index contributed by atoms with van der Waals surface area (Å²) in [6, 6.07) is 4.19. The van der Waals surface area contributed by atoms with E-state index in [0.29, 0.717) is 16.0 Å². The average molecular weight is 326 g/mol. The highest BCUT2D eigenvalue weighted by Crippen LogP contribution is 2.25. The van der Waals surface area contributed by atoms with Crippen molar-refractivity contribution >= 4 is 33.4 Å². The predicted molar refractivity (Wildman–Crippen MR) is 70.8 cm³/mol. The van der Waals surface area contributed by atoms with Crippen LogP contribution in [0.5, 0.6) is 0 Å². The number of hydrogen-bond acceptors (Lipinski definition) is 5. The Kier molecular flexibility index (Phi) is 4.06. The second-order valence-electron chi connectivity index (χ2n) is 3.53. The van der Waals surface area contributed by atoms with E-state index in [0.717, 1.165) is 0 Å². The number of benzene rings is 1. The Morgan fingerprint density at radius 1 is 1.42 bits per heavy atom. The third kappa shape index (κ3) is 3.25. The summed E-state index contributed by atoms with van der Waals surface area (Å²) in [6.45, 7) is 0. The molecule has 1 aromatic carbocycles. The molecule has 2 aromatic rings. The van der Waals surface area contributed by atoms with E-state index in [4.69, 9.17) is 0 Å². The van der Waals surface area contributed by atoms with Gasteiger partial charge in [0.1, 0.15) is 11.6 Å². The molecule has 5 nitrogen and oxygen atoms in total. The Morgan fingerprint density at radius 2 is 2.21 bits per heavy atom. The first-order valence-corrected chi connectivity index (χ1v) is 6.02. The van der Waals surface area contributed by atoms with Gasteiger partial charge < -0.3 is 10.1 Å². The number of aromatic nitrogens is 2. The van der Waals surface area contributed by atoms with E-state index in [1.807, 2.05) is 0 Å². The minimum atomic E-state index is -0.588. The second-order valence-corrected chi connectivity index (χ2v) is 4.38. The molecule has 1 heterocycles. The molecule has 0 amide bonds. The van der Waals surface area contributed by atoms with Gasteiger partial charge in [-0.15, -0.1) is 0 Å².